The Hall–Kier alpha value is -1.20. The van der Waals surface area contributed by atoms with Gasteiger partial charge in [0, 0.05) is 11.4 Å². The minimum absolute atomic E-state index is 0.00361. The third-order valence-electron chi connectivity index (χ3n) is 2.95. The molecule has 0 aliphatic carbocycles. The van der Waals surface area contributed by atoms with Gasteiger partial charge in [-0.15, -0.1) is 11.3 Å². The maximum absolute atomic E-state index is 12.3. The smallest absolute Gasteiger partial charge is 0.245 e. The van der Waals surface area contributed by atoms with Crippen molar-refractivity contribution in [3.8, 4) is 0 Å². The number of Topliss-reactive ketones (excluding diaryl/α,β-unsaturated/α-hetero) is 1. The molecule has 92 valence electrons. The molecule has 0 radical (unpaired) electrons. The average molecular weight is 252 g/mol. The van der Waals surface area contributed by atoms with Crippen molar-refractivity contribution in [1.82, 2.24) is 10.2 Å². The van der Waals surface area contributed by atoms with Crippen LogP contribution < -0.4 is 5.32 Å². The Balaban J connectivity index is 2.28. The van der Waals surface area contributed by atoms with Crippen LogP contribution in [-0.4, -0.2) is 36.7 Å². The lowest BCUT2D eigenvalue weighted by Gasteiger charge is -2.22. The van der Waals surface area contributed by atoms with Crippen LogP contribution in [0.5, 0.6) is 0 Å². The van der Waals surface area contributed by atoms with Crippen LogP contribution in [0, 0.1) is 0 Å². The molecule has 0 saturated carbocycles. The molecule has 1 unspecified atom stereocenters. The van der Waals surface area contributed by atoms with E-state index in [1.165, 1.54) is 12.5 Å². The first-order chi connectivity index (χ1) is 8.13. The summed E-state index contributed by atoms with van der Waals surface area (Å²) in [6.07, 6.45) is 0.829. The Labute approximate surface area is 105 Å². The Morgan fingerprint density at radius 3 is 3.06 bits per heavy atom. The van der Waals surface area contributed by atoms with Crippen molar-refractivity contribution in [2.24, 2.45) is 0 Å². The van der Waals surface area contributed by atoms with E-state index in [1.54, 1.807) is 23.3 Å². The van der Waals surface area contributed by atoms with Gasteiger partial charge in [-0.3, -0.25) is 9.59 Å². The van der Waals surface area contributed by atoms with E-state index in [0.29, 0.717) is 6.54 Å². The quantitative estimate of drug-likeness (QED) is 0.872. The summed E-state index contributed by atoms with van der Waals surface area (Å²) < 4.78 is 0. The molecular weight excluding hydrogens is 236 g/mol. The molecule has 4 nitrogen and oxygen atoms in total. The molecule has 1 aliphatic heterocycles. The van der Waals surface area contributed by atoms with E-state index >= 15 is 0 Å². The van der Waals surface area contributed by atoms with E-state index in [1.807, 2.05) is 5.38 Å². The molecule has 2 rings (SSSR count). The largest absolute Gasteiger partial charge is 0.333 e. The fraction of sp³-hybridized carbons (Fsp3) is 0.500. The lowest BCUT2D eigenvalue weighted by molar-refractivity contribution is -0.136. The van der Waals surface area contributed by atoms with Crippen LogP contribution >= 0.6 is 11.3 Å². The molecular formula is C12H16N2O2S. The molecule has 0 spiro atoms. The van der Waals surface area contributed by atoms with Gasteiger partial charge in [-0.25, -0.2) is 0 Å². The molecule has 1 aromatic heterocycles. The van der Waals surface area contributed by atoms with Crippen molar-refractivity contribution in [2.75, 3.05) is 20.1 Å². The van der Waals surface area contributed by atoms with E-state index in [0.717, 1.165) is 11.3 Å². The third kappa shape index (κ3) is 2.40. The highest BCUT2D eigenvalue weighted by Crippen LogP contribution is 2.29. The lowest BCUT2D eigenvalue weighted by atomic mass is 10.1. The molecule has 1 atom stereocenters. The van der Waals surface area contributed by atoms with Gasteiger partial charge in [0.2, 0.25) is 5.91 Å². The van der Waals surface area contributed by atoms with Crippen molar-refractivity contribution in [2.45, 2.75) is 19.4 Å². The van der Waals surface area contributed by atoms with Crippen LogP contribution in [0.2, 0.25) is 0 Å². The second-order valence-corrected chi connectivity index (χ2v) is 5.19. The molecule has 5 heteroatoms. The summed E-state index contributed by atoms with van der Waals surface area (Å²) in [7, 11) is 1.78. The van der Waals surface area contributed by atoms with Gasteiger partial charge in [0.05, 0.1) is 6.54 Å². The zero-order valence-corrected chi connectivity index (χ0v) is 10.8. The minimum Gasteiger partial charge on any atom is -0.333 e. The van der Waals surface area contributed by atoms with Crippen LogP contribution in [0.1, 0.15) is 23.4 Å². The molecule has 0 saturated heterocycles. The molecule has 1 aliphatic rings. The molecule has 1 N–H and O–H groups in total. The molecule has 2 heterocycles. The molecule has 0 bridgehead atoms. The SMILES string of the molecule is CNC1C(=O)N(CC(C)=O)CCc2ccsc21. The Morgan fingerprint density at radius 1 is 1.65 bits per heavy atom. The van der Waals surface area contributed by atoms with E-state index < -0.39 is 0 Å². The maximum Gasteiger partial charge on any atom is 0.245 e. The summed E-state index contributed by atoms with van der Waals surface area (Å²) in [5.74, 6) is 0.0300. The predicted octanol–water partition coefficient (Wildman–Crippen LogP) is 0.982. The summed E-state index contributed by atoms with van der Waals surface area (Å²) in [5, 5.41) is 5.06. The maximum atomic E-state index is 12.3. The number of ketones is 1. The van der Waals surface area contributed by atoms with Crippen LogP contribution in [-0.2, 0) is 16.0 Å². The number of nitrogens with zero attached hydrogens (tertiary/aromatic N) is 1. The third-order valence-corrected chi connectivity index (χ3v) is 3.98. The van der Waals surface area contributed by atoms with E-state index in [4.69, 9.17) is 0 Å². The normalized spacial score (nSPS) is 20.0. The van der Waals surface area contributed by atoms with Gasteiger partial charge in [-0.05, 0) is 37.4 Å². The molecule has 1 amide bonds. The number of carbonyl (C=O) groups excluding carboxylic acids is 2. The summed E-state index contributed by atoms with van der Waals surface area (Å²) in [4.78, 5) is 26.2. The number of hydrogen-bond donors (Lipinski definition) is 1. The average Bonchev–Trinajstić information content (AvgIpc) is 2.68. The lowest BCUT2D eigenvalue weighted by Crippen LogP contribution is -2.41. The topological polar surface area (TPSA) is 49.4 Å². The minimum atomic E-state index is -0.299. The monoisotopic (exact) mass is 252 g/mol. The summed E-state index contributed by atoms with van der Waals surface area (Å²) >= 11 is 1.60. The van der Waals surface area contributed by atoms with Gasteiger partial charge in [0.25, 0.3) is 0 Å². The van der Waals surface area contributed by atoms with E-state index in [2.05, 4.69) is 11.4 Å². The number of hydrogen-bond acceptors (Lipinski definition) is 4. The van der Waals surface area contributed by atoms with Crippen molar-refractivity contribution in [3.63, 3.8) is 0 Å². The number of amides is 1. The highest BCUT2D eigenvalue weighted by molar-refractivity contribution is 7.10. The zero-order chi connectivity index (χ0) is 12.4. The Morgan fingerprint density at radius 2 is 2.41 bits per heavy atom. The second kappa shape index (κ2) is 4.98. The summed E-state index contributed by atoms with van der Waals surface area (Å²) in [6.45, 7) is 2.36. The standard InChI is InChI=1S/C12H16N2O2S/c1-8(15)7-14-5-3-9-4-6-17-11(9)10(13-2)12(14)16/h4,6,10,13H,3,5,7H2,1-2H3. The fourth-order valence-electron chi connectivity index (χ4n) is 2.15. The molecule has 0 aromatic carbocycles. The van der Waals surface area contributed by atoms with E-state index in [-0.39, 0.29) is 24.3 Å². The Bertz CT molecular complexity index is 441. The first-order valence-electron chi connectivity index (χ1n) is 5.65. The first kappa shape index (κ1) is 12.3. The second-order valence-electron chi connectivity index (χ2n) is 4.24. The van der Waals surface area contributed by atoms with Crippen molar-refractivity contribution < 1.29 is 9.59 Å². The van der Waals surface area contributed by atoms with Gasteiger partial charge in [-0.2, -0.15) is 0 Å². The summed E-state index contributed by atoms with van der Waals surface area (Å²) in [6, 6.07) is 1.77. The van der Waals surface area contributed by atoms with Crippen LogP contribution in [0.4, 0.5) is 0 Å². The fourth-order valence-corrected chi connectivity index (χ4v) is 3.20. The van der Waals surface area contributed by atoms with Crippen LogP contribution in [0.3, 0.4) is 0 Å². The van der Waals surface area contributed by atoms with Gasteiger partial charge >= 0.3 is 0 Å². The highest BCUT2D eigenvalue weighted by Gasteiger charge is 2.30. The Kier molecular flexibility index (Phi) is 3.59. The van der Waals surface area contributed by atoms with Crippen LogP contribution in [0.25, 0.3) is 0 Å². The van der Waals surface area contributed by atoms with Crippen LogP contribution in [0.15, 0.2) is 11.4 Å². The predicted molar refractivity (Wildman–Crippen MR) is 67.1 cm³/mol. The van der Waals surface area contributed by atoms with Crippen molar-refractivity contribution in [1.29, 1.82) is 0 Å². The number of carbonyl (C=O) groups is 2. The molecule has 0 fully saturated rings. The molecule has 1 aromatic rings. The number of rotatable bonds is 3. The zero-order valence-electron chi connectivity index (χ0n) is 10.0. The highest BCUT2D eigenvalue weighted by atomic mass is 32.1. The first-order valence-corrected chi connectivity index (χ1v) is 6.53. The number of nitrogens with one attached hydrogen (secondary N) is 1. The number of likely N-dealkylation sites (N-methyl/N-ethyl adjacent to an activating group) is 1. The van der Waals surface area contributed by atoms with Gasteiger partial charge in [0.1, 0.15) is 11.8 Å². The van der Waals surface area contributed by atoms with Gasteiger partial charge in [-0.1, -0.05) is 0 Å². The van der Waals surface area contributed by atoms with Gasteiger partial charge < -0.3 is 10.2 Å². The number of thiophene rings is 1. The van der Waals surface area contributed by atoms with Crippen molar-refractivity contribution >= 4 is 23.0 Å². The number of fused-ring (bicyclic) bond motifs is 1. The van der Waals surface area contributed by atoms with Gasteiger partial charge in [0.15, 0.2) is 0 Å². The van der Waals surface area contributed by atoms with Crippen molar-refractivity contribution in [3.05, 3.63) is 21.9 Å². The van der Waals surface area contributed by atoms with E-state index in [9.17, 15) is 9.59 Å². The summed E-state index contributed by atoms with van der Waals surface area (Å²) in [5.41, 5.74) is 1.22. The molecule has 17 heavy (non-hydrogen) atoms.